The monoisotopic (exact) mass is 443 g/mol. The summed E-state index contributed by atoms with van der Waals surface area (Å²) in [6.45, 7) is 4.68. The number of aromatic nitrogens is 1. The van der Waals surface area contributed by atoms with Gasteiger partial charge in [-0.15, -0.1) is 0 Å². The molecular formula is C26H29N5O2. The van der Waals surface area contributed by atoms with Crippen LogP contribution in [0.5, 0.6) is 0 Å². The number of carbonyl (C=O) groups is 2. The van der Waals surface area contributed by atoms with E-state index < -0.39 is 0 Å². The lowest BCUT2D eigenvalue weighted by Gasteiger charge is -2.36. The molecule has 2 aliphatic rings. The quantitative estimate of drug-likeness (QED) is 0.657. The fourth-order valence-corrected chi connectivity index (χ4v) is 4.66. The van der Waals surface area contributed by atoms with Gasteiger partial charge < -0.3 is 20.0 Å². The summed E-state index contributed by atoms with van der Waals surface area (Å²) in [5.41, 5.74) is 2.59. The highest BCUT2D eigenvalue weighted by atomic mass is 16.2. The number of anilines is 2. The van der Waals surface area contributed by atoms with Crippen molar-refractivity contribution in [1.29, 1.82) is 0 Å². The molecule has 0 aliphatic carbocycles. The van der Waals surface area contributed by atoms with Crippen LogP contribution in [0.15, 0.2) is 60.7 Å². The van der Waals surface area contributed by atoms with Gasteiger partial charge in [-0.05, 0) is 37.1 Å². The van der Waals surface area contributed by atoms with E-state index in [1.165, 1.54) is 5.69 Å². The number of amides is 2. The molecule has 0 radical (unpaired) electrons. The molecule has 7 nitrogen and oxygen atoms in total. The van der Waals surface area contributed by atoms with Gasteiger partial charge in [0.2, 0.25) is 5.91 Å². The lowest BCUT2D eigenvalue weighted by Crippen LogP contribution is -2.51. The van der Waals surface area contributed by atoms with Crippen molar-refractivity contribution in [2.24, 2.45) is 0 Å². The Labute approximate surface area is 194 Å². The summed E-state index contributed by atoms with van der Waals surface area (Å²) in [6.07, 6.45) is 2.20. The van der Waals surface area contributed by atoms with Crippen LogP contribution >= 0.6 is 0 Å². The molecule has 5 rings (SSSR count). The number of nitrogens with zero attached hydrogens (tertiary/aromatic N) is 4. The second kappa shape index (κ2) is 9.48. The molecular weight excluding hydrogens is 414 g/mol. The normalized spacial score (nSPS) is 16.3. The Morgan fingerprint density at radius 1 is 0.818 bits per heavy atom. The number of nitrogens with one attached hydrogen (secondary N) is 1. The van der Waals surface area contributed by atoms with Crippen molar-refractivity contribution in [2.75, 3.05) is 55.6 Å². The second-order valence-corrected chi connectivity index (χ2v) is 8.63. The average Bonchev–Trinajstić information content (AvgIpc) is 3.42. The Morgan fingerprint density at radius 3 is 2.27 bits per heavy atom. The summed E-state index contributed by atoms with van der Waals surface area (Å²) in [5, 5.41) is 3.78. The van der Waals surface area contributed by atoms with Gasteiger partial charge in [-0.3, -0.25) is 9.59 Å². The molecule has 2 saturated heterocycles. The van der Waals surface area contributed by atoms with E-state index in [0.29, 0.717) is 24.5 Å². The van der Waals surface area contributed by atoms with Crippen molar-refractivity contribution in [3.8, 4) is 0 Å². The Balaban J connectivity index is 1.24. The molecule has 2 amide bonds. The Bertz CT molecular complexity index is 1140. The summed E-state index contributed by atoms with van der Waals surface area (Å²) in [4.78, 5) is 37.0. The summed E-state index contributed by atoms with van der Waals surface area (Å²) in [5.74, 6) is 0.423. The van der Waals surface area contributed by atoms with Crippen LogP contribution in [0.4, 0.5) is 11.5 Å². The molecule has 7 heteroatoms. The van der Waals surface area contributed by atoms with E-state index >= 15 is 0 Å². The minimum absolute atomic E-state index is 0.00353. The van der Waals surface area contributed by atoms with Gasteiger partial charge in [-0.1, -0.05) is 36.4 Å². The molecule has 0 bridgehead atoms. The summed E-state index contributed by atoms with van der Waals surface area (Å²) >= 11 is 0. The molecule has 170 valence electrons. The molecule has 2 aromatic carbocycles. The van der Waals surface area contributed by atoms with Gasteiger partial charge in [0.1, 0.15) is 5.82 Å². The number of piperazine rings is 1. The number of para-hydroxylation sites is 2. The van der Waals surface area contributed by atoms with E-state index in [0.717, 1.165) is 49.9 Å². The number of hydrogen-bond donors (Lipinski definition) is 1. The van der Waals surface area contributed by atoms with E-state index in [4.69, 9.17) is 4.98 Å². The number of rotatable bonds is 5. The van der Waals surface area contributed by atoms with Crippen LogP contribution in [-0.2, 0) is 4.79 Å². The zero-order valence-corrected chi connectivity index (χ0v) is 18.7. The topological polar surface area (TPSA) is 68.8 Å². The van der Waals surface area contributed by atoms with Crippen LogP contribution in [0.25, 0.3) is 10.9 Å². The molecule has 2 fully saturated rings. The first-order valence-electron chi connectivity index (χ1n) is 11.7. The van der Waals surface area contributed by atoms with Crippen molar-refractivity contribution < 1.29 is 9.59 Å². The maximum atomic E-state index is 13.1. The number of carbonyl (C=O) groups excluding carboxylic acids is 2. The van der Waals surface area contributed by atoms with Gasteiger partial charge in [0, 0.05) is 50.3 Å². The van der Waals surface area contributed by atoms with E-state index in [1.54, 1.807) is 0 Å². The predicted octanol–water partition coefficient (Wildman–Crippen LogP) is 2.91. The van der Waals surface area contributed by atoms with Crippen LogP contribution in [0.3, 0.4) is 0 Å². The predicted molar refractivity (Wildman–Crippen MR) is 131 cm³/mol. The van der Waals surface area contributed by atoms with Crippen molar-refractivity contribution in [1.82, 2.24) is 15.2 Å². The van der Waals surface area contributed by atoms with Crippen molar-refractivity contribution in [3.63, 3.8) is 0 Å². The molecule has 1 N–H and O–H groups in total. The molecule has 3 aromatic rings. The van der Waals surface area contributed by atoms with Gasteiger partial charge in [-0.2, -0.15) is 0 Å². The number of hydrogen-bond acceptors (Lipinski definition) is 5. The van der Waals surface area contributed by atoms with Gasteiger partial charge in [0.05, 0.1) is 17.6 Å². The van der Waals surface area contributed by atoms with E-state index in [9.17, 15) is 9.59 Å². The first-order valence-corrected chi connectivity index (χ1v) is 11.7. The molecule has 0 atom stereocenters. The van der Waals surface area contributed by atoms with Crippen LogP contribution in [0, 0.1) is 0 Å². The van der Waals surface area contributed by atoms with Crippen molar-refractivity contribution in [2.45, 2.75) is 12.8 Å². The highest BCUT2D eigenvalue weighted by Crippen LogP contribution is 2.26. The molecule has 0 spiro atoms. The first-order chi connectivity index (χ1) is 16.2. The minimum atomic E-state index is -0.244. The number of fused-ring (bicyclic) bond motifs is 1. The molecule has 0 saturated carbocycles. The van der Waals surface area contributed by atoms with Gasteiger partial charge in [-0.25, -0.2) is 4.98 Å². The zero-order valence-electron chi connectivity index (χ0n) is 18.7. The first kappa shape index (κ1) is 21.2. The molecule has 2 aliphatic heterocycles. The van der Waals surface area contributed by atoms with Gasteiger partial charge in [0.15, 0.2) is 0 Å². The van der Waals surface area contributed by atoms with Crippen LogP contribution in [0.2, 0.25) is 0 Å². The molecule has 33 heavy (non-hydrogen) atoms. The Morgan fingerprint density at radius 2 is 1.52 bits per heavy atom. The SMILES string of the molecule is O=C(NCC(=O)N1CCN(c2ccccc2)CC1)c1cc2ccccc2nc1N1CCCC1. The van der Waals surface area contributed by atoms with Crippen molar-refractivity contribution in [3.05, 3.63) is 66.2 Å². The third kappa shape index (κ3) is 4.62. The molecule has 1 aromatic heterocycles. The van der Waals surface area contributed by atoms with E-state index in [1.807, 2.05) is 53.4 Å². The van der Waals surface area contributed by atoms with E-state index in [-0.39, 0.29) is 18.4 Å². The Hall–Kier alpha value is -3.61. The summed E-state index contributed by atoms with van der Waals surface area (Å²) < 4.78 is 0. The van der Waals surface area contributed by atoms with E-state index in [2.05, 4.69) is 27.2 Å². The smallest absolute Gasteiger partial charge is 0.255 e. The van der Waals surface area contributed by atoms with Crippen molar-refractivity contribution >= 4 is 34.2 Å². The van der Waals surface area contributed by atoms with Gasteiger partial charge >= 0.3 is 0 Å². The minimum Gasteiger partial charge on any atom is -0.368 e. The highest BCUT2D eigenvalue weighted by Gasteiger charge is 2.24. The standard InChI is InChI=1S/C26H29N5O2/c32-24(30-16-14-29(15-17-30)21-9-2-1-3-10-21)19-27-26(33)22-18-20-8-4-5-11-23(20)28-25(22)31-12-6-7-13-31/h1-5,8-11,18H,6-7,12-17,19H2,(H,27,33). The third-order valence-electron chi connectivity index (χ3n) is 6.51. The maximum Gasteiger partial charge on any atom is 0.255 e. The Kier molecular flexibility index (Phi) is 6.11. The third-order valence-corrected chi connectivity index (χ3v) is 6.51. The highest BCUT2D eigenvalue weighted by molar-refractivity contribution is 6.03. The van der Waals surface area contributed by atoms with Crippen LogP contribution < -0.4 is 15.1 Å². The lowest BCUT2D eigenvalue weighted by molar-refractivity contribution is -0.130. The average molecular weight is 444 g/mol. The van der Waals surface area contributed by atoms with Crippen LogP contribution in [-0.4, -0.2) is 67.5 Å². The maximum absolute atomic E-state index is 13.1. The number of benzene rings is 2. The second-order valence-electron chi connectivity index (χ2n) is 8.63. The largest absolute Gasteiger partial charge is 0.368 e. The van der Waals surface area contributed by atoms with Crippen LogP contribution in [0.1, 0.15) is 23.2 Å². The zero-order chi connectivity index (χ0) is 22.6. The molecule has 0 unspecified atom stereocenters. The van der Waals surface area contributed by atoms with Gasteiger partial charge in [0.25, 0.3) is 5.91 Å². The summed E-state index contributed by atoms with van der Waals surface area (Å²) in [6, 6.07) is 20.0. The lowest BCUT2D eigenvalue weighted by atomic mass is 10.1. The fraction of sp³-hybridized carbons (Fsp3) is 0.346. The molecule has 3 heterocycles. The number of pyridine rings is 1. The summed E-state index contributed by atoms with van der Waals surface area (Å²) in [7, 11) is 0. The fourth-order valence-electron chi connectivity index (χ4n) is 4.66.